The Morgan fingerprint density at radius 3 is 1.90 bits per heavy atom. The lowest BCUT2D eigenvalue weighted by Crippen LogP contribution is -2.18. The molecule has 0 aliphatic heterocycles. The van der Waals surface area contributed by atoms with Crippen molar-refractivity contribution in [3.63, 3.8) is 0 Å². The molecule has 0 unspecified atom stereocenters. The van der Waals surface area contributed by atoms with Gasteiger partial charge in [0, 0.05) is 18.8 Å². The number of carbonyl (C=O) groups is 1. The van der Waals surface area contributed by atoms with Crippen molar-refractivity contribution in [1.82, 2.24) is 9.97 Å². The Balaban J connectivity index is 0.000000885. The van der Waals surface area contributed by atoms with E-state index in [4.69, 9.17) is 4.79 Å². The third-order valence-electron chi connectivity index (χ3n) is 3.32. The SMILES string of the molecule is CCCCCCCCCCCCc1ncc[nH]1.NC(N)=O. The normalized spacial score (nSPS) is 9.95. The van der Waals surface area contributed by atoms with Crippen LogP contribution in [-0.4, -0.2) is 16.0 Å². The number of unbranched alkanes of at least 4 members (excludes halogenated alkanes) is 9. The predicted octanol–water partition coefficient (Wildman–Crippen LogP) is 3.90. The molecule has 0 fully saturated rings. The van der Waals surface area contributed by atoms with Crippen LogP contribution in [0.1, 0.15) is 77.0 Å². The summed E-state index contributed by atoms with van der Waals surface area (Å²) in [6, 6.07) is -0.833. The van der Waals surface area contributed by atoms with Gasteiger partial charge in [-0.3, -0.25) is 0 Å². The molecule has 1 heterocycles. The average Bonchev–Trinajstić information content (AvgIpc) is 2.93. The molecule has 0 radical (unpaired) electrons. The third kappa shape index (κ3) is 16.4. The van der Waals surface area contributed by atoms with E-state index in [2.05, 4.69) is 28.4 Å². The molecular weight excluding hydrogens is 264 g/mol. The quantitative estimate of drug-likeness (QED) is 0.540. The Morgan fingerprint density at radius 1 is 1.00 bits per heavy atom. The first kappa shape index (κ1) is 19.5. The number of nitrogens with zero attached hydrogens (tertiary/aromatic N) is 1. The number of carbonyl (C=O) groups excluding carboxylic acids is 1. The van der Waals surface area contributed by atoms with Crippen LogP contribution in [0.25, 0.3) is 0 Å². The van der Waals surface area contributed by atoms with Gasteiger partial charge in [-0.25, -0.2) is 9.78 Å². The predicted molar refractivity (Wildman–Crippen MR) is 87.9 cm³/mol. The molecule has 5 heteroatoms. The van der Waals surface area contributed by atoms with Crippen molar-refractivity contribution in [2.24, 2.45) is 11.5 Å². The minimum atomic E-state index is -0.833. The van der Waals surface area contributed by atoms with Crippen LogP contribution in [0.15, 0.2) is 12.4 Å². The van der Waals surface area contributed by atoms with Crippen LogP contribution in [0, 0.1) is 0 Å². The number of imidazole rings is 1. The molecule has 21 heavy (non-hydrogen) atoms. The molecule has 0 spiro atoms. The number of amides is 2. The summed E-state index contributed by atoms with van der Waals surface area (Å²) in [5, 5.41) is 0. The lowest BCUT2D eigenvalue weighted by atomic mass is 10.1. The van der Waals surface area contributed by atoms with Gasteiger partial charge in [0.05, 0.1) is 0 Å². The maximum atomic E-state index is 9.00. The van der Waals surface area contributed by atoms with Crippen molar-refractivity contribution < 1.29 is 4.79 Å². The van der Waals surface area contributed by atoms with Gasteiger partial charge in [0.2, 0.25) is 0 Å². The van der Waals surface area contributed by atoms with E-state index < -0.39 is 6.03 Å². The van der Waals surface area contributed by atoms with Gasteiger partial charge in [0.25, 0.3) is 0 Å². The largest absolute Gasteiger partial charge is 0.352 e. The Hall–Kier alpha value is -1.52. The minimum Gasteiger partial charge on any atom is -0.352 e. The molecule has 0 saturated heterocycles. The van der Waals surface area contributed by atoms with Crippen LogP contribution in [0.4, 0.5) is 4.79 Å². The van der Waals surface area contributed by atoms with Crippen LogP contribution in [-0.2, 0) is 6.42 Å². The van der Waals surface area contributed by atoms with Crippen molar-refractivity contribution in [3.8, 4) is 0 Å². The van der Waals surface area contributed by atoms with Gasteiger partial charge in [-0.15, -0.1) is 0 Å². The van der Waals surface area contributed by atoms with E-state index in [0.29, 0.717) is 0 Å². The smallest absolute Gasteiger partial charge is 0.309 e. The van der Waals surface area contributed by atoms with E-state index in [9.17, 15) is 0 Å². The van der Waals surface area contributed by atoms with Crippen LogP contribution in [0.3, 0.4) is 0 Å². The molecule has 1 aromatic heterocycles. The van der Waals surface area contributed by atoms with Gasteiger partial charge in [-0.05, 0) is 6.42 Å². The zero-order chi connectivity index (χ0) is 15.8. The minimum absolute atomic E-state index is 0.833. The highest BCUT2D eigenvalue weighted by molar-refractivity contribution is 5.69. The van der Waals surface area contributed by atoms with E-state index in [1.165, 1.54) is 64.2 Å². The number of primary amides is 2. The fourth-order valence-electron chi connectivity index (χ4n) is 2.21. The van der Waals surface area contributed by atoms with Crippen molar-refractivity contribution in [2.45, 2.75) is 77.6 Å². The zero-order valence-corrected chi connectivity index (χ0v) is 13.4. The van der Waals surface area contributed by atoms with Crippen molar-refractivity contribution in [2.75, 3.05) is 0 Å². The summed E-state index contributed by atoms with van der Waals surface area (Å²) in [5.74, 6) is 1.14. The summed E-state index contributed by atoms with van der Waals surface area (Å²) in [6.07, 6.45) is 18.9. The lowest BCUT2D eigenvalue weighted by Gasteiger charge is -2.01. The number of hydrogen-bond donors (Lipinski definition) is 3. The fourth-order valence-corrected chi connectivity index (χ4v) is 2.21. The summed E-state index contributed by atoms with van der Waals surface area (Å²) < 4.78 is 0. The van der Waals surface area contributed by atoms with Crippen molar-refractivity contribution in [3.05, 3.63) is 18.2 Å². The van der Waals surface area contributed by atoms with Gasteiger partial charge >= 0.3 is 6.03 Å². The Kier molecular flexibility index (Phi) is 13.8. The molecule has 122 valence electrons. The number of aromatic nitrogens is 2. The fraction of sp³-hybridized carbons (Fsp3) is 0.750. The third-order valence-corrected chi connectivity index (χ3v) is 3.32. The zero-order valence-electron chi connectivity index (χ0n) is 13.4. The molecular formula is C16H32N4O. The van der Waals surface area contributed by atoms with Gasteiger partial charge in [-0.1, -0.05) is 64.7 Å². The average molecular weight is 296 g/mol. The molecule has 2 amide bonds. The van der Waals surface area contributed by atoms with E-state index >= 15 is 0 Å². The molecule has 5 N–H and O–H groups in total. The number of aromatic amines is 1. The van der Waals surface area contributed by atoms with Crippen LogP contribution < -0.4 is 11.5 Å². The molecule has 5 nitrogen and oxygen atoms in total. The molecule has 0 aromatic carbocycles. The van der Waals surface area contributed by atoms with Crippen molar-refractivity contribution in [1.29, 1.82) is 0 Å². The van der Waals surface area contributed by atoms with Gasteiger partial charge in [0.1, 0.15) is 5.82 Å². The van der Waals surface area contributed by atoms with E-state index in [1.54, 1.807) is 0 Å². The number of nitrogens with two attached hydrogens (primary N) is 2. The first-order valence-corrected chi connectivity index (χ1v) is 8.20. The van der Waals surface area contributed by atoms with E-state index in [0.717, 1.165) is 12.2 Å². The highest BCUT2D eigenvalue weighted by Crippen LogP contribution is 2.11. The number of rotatable bonds is 11. The number of H-pyrrole nitrogens is 1. The number of nitrogens with one attached hydrogen (secondary N) is 1. The number of urea groups is 1. The maximum Gasteiger partial charge on any atom is 0.309 e. The van der Waals surface area contributed by atoms with Gasteiger partial charge in [-0.2, -0.15) is 0 Å². The van der Waals surface area contributed by atoms with E-state index in [-0.39, 0.29) is 0 Å². The lowest BCUT2D eigenvalue weighted by molar-refractivity contribution is 0.256. The molecule has 0 aliphatic rings. The van der Waals surface area contributed by atoms with Crippen LogP contribution in [0.5, 0.6) is 0 Å². The Labute approximate surface area is 128 Å². The monoisotopic (exact) mass is 296 g/mol. The van der Waals surface area contributed by atoms with Gasteiger partial charge < -0.3 is 16.5 Å². The molecule has 0 aliphatic carbocycles. The highest BCUT2D eigenvalue weighted by atomic mass is 16.2. The second-order valence-corrected chi connectivity index (χ2v) is 5.37. The number of aryl methyl sites for hydroxylation is 1. The maximum absolute atomic E-state index is 9.00. The molecule has 0 bridgehead atoms. The summed E-state index contributed by atoms with van der Waals surface area (Å²) in [4.78, 5) is 16.4. The number of hydrogen-bond acceptors (Lipinski definition) is 2. The second kappa shape index (κ2) is 14.9. The molecule has 1 rings (SSSR count). The summed E-state index contributed by atoms with van der Waals surface area (Å²) in [5.41, 5.74) is 8.50. The van der Waals surface area contributed by atoms with Crippen LogP contribution in [0.2, 0.25) is 0 Å². The Morgan fingerprint density at radius 2 is 1.48 bits per heavy atom. The van der Waals surface area contributed by atoms with E-state index in [1.807, 2.05) is 12.4 Å². The summed E-state index contributed by atoms with van der Waals surface area (Å²) >= 11 is 0. The first-order chi connectivity index (χ1) is 10.2. The Bertz CT molecular complexity index is 321. The summed E-state index contributed by atoms with van der Waals surface area (Å²) in [6.45, 7) is 2.28. The molecule has 0 saturated carbocycles. The molecule has 1 aromatic rings. The standard InChI is InChI=1S/C15H28N2.CH4N2O/c1-2-3-4-5-6-7-8-9-10-11-12-15-16-13-14-17-15;2-1(3)4/h13-14H,2-12H2,1H3,(H,16,17);(H4,2,3,4). The highest BCUT2D eigenvalue weighted by Gasteiger charge is 1.95. The van der Waals surface area contributed by atoms with Crippen LogP contribution >= 0.6 is 0 Å². The van der Waals surface area contributed by atoms with Crippen molar-refractivity contribution >= 4 is 6.03 Å². The first-order valence-electron chi connectivity index (χ1n) is 8.20. The van der Waals surface area contributed by atoms with Gasteiger partial charge in [0.15, 0.2) is 0 Å². The topological polar surface area (TPSA) is 97.8 Å². The molecule has 0 atom stereocenters. The summed E-state index contributed by atoms with van der Waals surface area (Å²) in [7, 11) is 0. The second-order valence-electron chi connectivity index (χ2n) is 5.37.